The van der Waals surface area contributed by atoms with Crippen LogP contribution in [0.4, 0.5) is 0 Å². The summed E-state index contributed by atoms with van der Waals surface area (Å²) in [5, 5.41) is 9.62. The van der Waals surface area contributed by atoms with E-state index in [4.69, 9.17) is 16.7 Å². The second-order valence-corrected chi connectivity index (χ2v) is 3.80. The quantitative estimate of drug-likeness (QED) is 0.842. The van der Waals surface area contributed by atoms with Crippen LogP contribution < -0.4 is 0 Å². The summed E-state index contributed by atoms with van der Waals surface area (Å²) >= 11 is 5.83. The van der Waals surface area contributed by atoms with Gasteiger partial charge in [0.15, 0.2) is 0 Å². The number of hydrogen-bond donors (Lipinski definition) is 2. The normalized spacial score (nSPS) is 10.9. The summed E-state index contributed by atoms with van der Waals surface area (Å²) in [7, 11) is 0. The summed E-state index contributed by atoms with van der Waals surface area (Å²) in [6.07, 6.45) is 0.690. The topological polar surface area (TPSA) is 78.9 Å². The van der Waals surface area contributed by atoms with Crippen molar-refractivity contribution in [3.8, 4) is 0 Å². The van der Waals surface area contributed by atoms with Gasteiger partial charge in [0.2, 0.25) is 0 Å². The molecule has 0 atom stereocenters. The molecule has 0 amide bonds. The molecule has 5 nitrogen and oxygen atoms in total. The van der Waals surface area contributed by atoms with Gasteiger partial charge in [0.25, 0.3) is 0 Å². The molecule has 0 radical (unpaired) electrons. The molecule has 0 bridgehead atoms. The van der Waals surface area contributed by atoms with Crippen molar-refractivity contribution < 1.29 is 9.90 Å². The SMILES string of the molecule is CCc1nc(C)c2c(C(=O)O)c(Cl)[nH]c2n1. The average Bonchev–Trinajstić information content (AvgIpc) is 2.54. The van der Waals surface area contributed by atoms with Crippen LogP contribution in [-0.4, -0.2) is 26.0 Å². The van der Waals surface area contributed by atoms with E-state index in [9.17, 15) is 4.79 Å². The molecule has 6 heteroatoms. The lowest BCUT2D eigenvalue weighted by molar-refractivity contribution is 0.0699. The van der Waals surface area contributed by atoms with E-state index in [1.54, 1.807) is 6.92 Å². The van der Waals surface area contributed by atoms with Gasteiger partial charge < -0.3 is 10.1 Å². The summed E-state index contributed by atoms with van der Waals surface area (Å²) in [6.45, 7) is 3.68. The largest absolute Gasteiger partial charge is 0.478 e. The van der Waals surface area contributed by atoms with E-state index in [1.807, 2.05) is 6.92 Å². The Morgan fingerprint density at radius 3 is 2.75 bits per heavy atom. The molecule has 0 aliphatic heterocycles. The molecule has 2 rings (SSSR count). The number of aromatic amines is 1. The molecule has 0 spiro atoms. The van der Waals surface area contributed by atoms with Crippen LogP contribution in [0.3, 0.4) is 0 Å². The minimum Gasteiger partial charge on any atom is -0.478 e. The number of rotatable bonds is 2. The van der Waals surface area contributed by atoms with E-state index in [-0.39, 0.29) is 10.7 Å². The fourth-order valence-electron chi connectivity index (χ4n) is 1.66. The van der Waals surface area contributed by atoms with Crippen molar-refractivity contribution in [2.24, 2.45) is 0 Å². The Morgan fingerprint density at radius 2 is 2.19 bits per heavy atom. The van der Waals surface area contributed by atoms with Gasteiger partial charge in [-0.3, -0.25) is 0 Å². The Morgan fingerprint density at radius 1 is 1.50 bits per heavy atom. The number of aromatic carboxylic acids is 1. The number of carboxylic acids is 1. The number of carboxylic acid groups (broad SMARTS) is 1. The standard InChI is InChI=1S/C10H10ClN3O2/c1-3-5-12-4(2)6-7(10(15)16)8(11)14-9(6)13-5/h3H2,1-2H3,(H,15,16)(H,12,13,14). The van der Waals surface area contributed by atoms with Crippen LogP contribution in [0.1, 0.15) is 28.8 Å². The third-order valence-electron chi connectivity index (χ3n) is 2.36. The smallest absolute Gasteiger partial charge is 0.339 e. The van der Waals surface area contributed by atoms with E-state index in [0.717, 1.165) is 0 Å². The van der Waals surface area contributed by atoms with Gasteiger partial charge in [-0.2, -0.15) is 0 Å². The minimum atomic E-state index is -1.08. The van der Waals surface area contributed by atoms with Crippen LogP contribution in [-0.2, 0) is 6.42 Å². The molecule has 0 saturated heterocycles. The zero-order valence-electron chi connectivity index (χ0n) is 8.83. The molecule has 2 N–H and O–H groups in total. The van der Waals surface area contributed by atoms with Crippen molar-refractivity contribution in [2.45, 2.75) is 20.3 Å². The number of halogens is 1. The number of hydrogen-bond acceptors (Lipinski definition) is 3. The summed E-state index contributed by atoms with van der Waals surface area (Å²) in [5.41, 5.74) is 1.14. The zero-order chi connectivity index (χ0) is 11.9. The van der Waals surface area contributed by atoms with Gasteiger partial charge >= 0.3 is 5.97 Å². The second-order valence-electron chi connectivity index (χ2n) is 3.42. The van der Waals surface area contributed by atoms with Crippen molar-refractivity contribution in [3.63, 3.8) is 0 Å². The Balaban J connectivity index is 2.85. The summed E-state index contributed by atoms with van der Waals surface area (Å²) in [4.78, 5) is 22.2. The van der Waals surface area contributed by atoms with Crippen molar-refractivity contribution in [1.82, 2.24) is 15.0 Å². The van der Waals surface area contributed by atoms with E-state index in [1.165, 1.54) is 0 Å². The van der Waals surface area contributed by atoms with E-state index in [0.29, 0.717) is 29.0 Å². The highest BCUT2D eigenvalue weighted by Gasteiger charge is 2.20. The Bertz CT molecular complexity index is 577. The highest BCUT2D eigenvalue weighted by Crippen LogP contribution is 2.26. The summed E-state index contributed by atoms with van der Waals surface area (Å²) in [5.74, 6) is -0.410. The maximum atomic E-state index is 11.0. The third-order valence-corrected chi connectivity index (χ3v) is 2.65. The Labute approximate surface area is 96.5 Å². The number of aromatic nitrogens is 3. The first-order valence-corrected chi connectivity index (χ1v) is 5.20. The van der Waals surface area contributed by atoms with Crippen LogP contribution in [0.5, 0.6) is 0 Å². The first kappa shape index (κ1) is 10.9. The van der Waals surface area contributed by atoms with E-state index in [2.05, 4.69) is 15.0 Å². The van der Waals surface area contributed by atoms with Gasteiger partial charge in [0.05, 0.1) is 11.1 Å². The van der Waals surface area contributed by atoms with Gasteiger partial charge in [-0.25, -0.2) is 14.8 Å². The van der Waals surface area contributed by atoms with Gasteiger partial charge in [0.1, 0.15) is 22.2 Å². The number of nitrogens with one attached hydrogen (secondary N) is 1. The van der Waals surface area contributed by atoms with Crippen LogP contribution in [0.15, 0.2) is 0 Å². The minimum absolute atomic E-state index is 0.0387. The molecule has 2 aromatic rings. The third kappa shape index (κ3) is 1.53. The maximum absolute atomic E-state index is 11.0. The van der Waals surface area contributed by atoms with Gasteiger partial charge in [-0.05, 0) is 6.92 Å². The molecule has 2 heterocycles. The first-order valence-electron chi connectivity index (χ1n) is 4.82. The monoisotopic (exact) mass is 239 g/mol. The Hall–Kier alpha value is -1.62. The van der Waals surface area contributed by atoms with Gasteiger partial charge in [-0.1, -0.05) is 18.5 Å². The molecule has 0 aliphatic rings. The van der Waals surface area contributed by atoms with Gasteiger partial charge in [0, 0.05) is 6.42 Å². The highest BCUT2D eigenvalue weighted by molar-refractivity contribution is 6.34. The van der Waals surface area contributed by atoms with E-state index < -0.39 is 5.97 Å². The summed E-state index contributed by atoms with van der Waals surface area (Å²) < 4.78 is 0. The van der Waals surface area contributed by atoms with Crippen molar-refractivity contribution in [2.75, 3.05) is 0 Å². The predicted molar refractivity (Wildman–Crippen MR) is 60.0 cm³/mol. The van der Waals surface area contributed by atoms with Crippen molar-refractivity contribution >= 4 is 28.6 Å². The maximum Gasteiger partial charge on any atom is 0.339 e. The molecular formula is C10H10ClN3O2. The second kappa shape index (κ2) is 3.75. The molecule has 16 heavy (non-hydrogen) atoms. The predicted octanol–water partition coefficient (Wildman–Crippen LogP) is 2.18. The Kier molecular flexibility index (Phi) is 2.55. The average molecular weight is 240 g/mol. The highest BCUT2D eigenvalue weighted by atomic mass is 35.5. The molecule has 84 valence electrons. The number of carbonyl (C=O) groups is 1. The van der Waals surface area contributed by atoms with Crippen LogP contribution >= 0.6 is 11.6 Å². The lowest BCUT2D eigenvalue weighted by atomic mass is 10.2. The van der Waals surface area contributed by atoms with E-state index >= 15 is 0 Å². The lowest BCUT2D eigenvalue weighted by Crippen LogP contribution is -2.00. The number of H-pyrrole nitrogens is 1. The molecular weight excluding hydrogens is 230 g/mol. The molecule has 0 unspecified atom stereocenters. The molecule has 0 saturated carbocycles. The number of nitrogens with zero attached hydrogens (tertiary/aromatic N) is 2. The molecule has 2 aromatic heterocycles. The zero-order valence-corrected chi connectivity index (χ0v) is 9.59. The fourth-order valence-corrected chi connectivity index (χ4v) is 1.92. The van der Waals surface area contributed by atoms with Crippen molar-refractivity contribution in [3.05, 3.63) is 22.2 Å². The fraction of sp³-hybridized carbons (Fsp3) is 0.300. The van der Waals surface area contributed by atoms with Crippen LogP contribution in [0.25, 0.3) is 11.0 Å². The first-order chi connectivity index (χ1) is 7.54. The molecule has 0 aromatic carbocycles. The van der Waals surface area contributed by atoms with Crippen LogP contribution in [0, 0.1) is 6.92 Å². The number of fused-ring (bicyclic) bond motifs is 1. The summed E-state index contributed by atoms with van der Waals surface area (Å²) in [6, 6.07) is 0. The van der Waals surface area contributed by atoms with Crippen LogP contribution in [0.2, 0.25) is 5.15 Å². The molecule has 0 aliphatic carbocycles. The van der Waals surface area contributed by atoms with Gasteiger partial charge in [-0.15, -0.1) is 0 Å². The number of aryl methyl sites for hydroxylation is 2. The molecule has 0 fully saturated rings. The van der Waals surface area contributed by atoms with Crippen molar-refractivity contribution in [1.29, 1.82) is 0 Å². The lowest BCUT2D eigenvalue weighted by Gasteiger charge is -2.00.